The van der Waals surface area contributed by atoms with Gasteiger partial charge in [-0.2, -0.15) is 0 Å². The molecule has 1 aromatic carbocycles. The molecule has 4 nitrogen and oxygen atoms in total. The Bertz CT molecular complexity index is 387. The molecule has 0 fully saturated rings. The van der Waals surface area contributed by atoms with Crippen LogP contribution in [0.3, 0.4) is 0 Å². The Morgan fingerprint density at radius 1 is 1.22 bits per heavy atom. The van der Waals surface area contributed by atoms with Crippen LogP contribution in [0.2, 0.25) is 0 Å². The van der Waals surface area contributed by atoms with Crippen molar-refractivity contribution >= 4 is 12.3 Å². The van der Waals surface area contributed by atoms with Gasteiger partial charge in [-0.3, -0.25) is 9.59 Å². The van der Waals surface area contributed by atoms with Gasteiger partial charge in [-0.25, -0.2) is 0 Å². The van der Waals surface area contributed by atoms with Crippen molar-refractivity contribution in [1.29, 1.82) is 0 Å². The molecule has 4 heteroatoms. The molecule has 98 valence electrons. The molecule has 0 aliphatic rings. The summed E-state index contributed by atoms with van der Waals surface area (Å²) in [5.74, 6) is -1.31. The van der Waals surface area contributed by atoms with Crippen molar-refractivity contribution in [3.8, 4) is 0 Å². The van der Waals surface area contributed by atoms with Crippen molar-refractivity contribution in [3.05, 3.63) is 35.4 Å². The third-order valence-electron chi connectivity index (χ3n) is 2.97. The van der Waals surface area contributed by atoms with Gasteiger partial charge in [0, 0.05) is 5.56 Å². The van der Waals surface area contributed by atoms with Crippen LogP contribution in [0.1, 0.15) is 47.5 Å². The second kappa shape index (κ2) is 7.61. The summed E-state index contributed by atoms with van der Waals surface area (Å²) >= 11 is 0. The Morgan fingerprint density at radius 3 is 2.39 bits per heavy atom. The lowest BCUT2D eigenvalue weighted by Crippen LogP contribution is -2.12. The summed E-state index contributed by atoms with van der Waals surface area (Å²) in [6.07, 6.45) is 4.09. The summed E-state index contributed by atoms with van der Waals surface area (Å²) in [6.45, 7) is 0.645. The number of aldehydes is 1. The zero-order chi connectivity index (χ0) is 13.4. The number of rotatable bonds is 8. The predicted octanol–water partition coefficient (Wildman–Crippen LogP) is 2.19. The molecule has 1 unspecified atom stereocenters. The lowest BCUT2D eigenvalue weighted by Gasteiger charge is -2.12. The number of benzene rings is 1. The number of nitrogens with two attached hydrogens (primary N) is 1. The van der Waals surface area contributed by atoms with Gasteiger partial charge >= 0.3 is 5.97 Å². The Hall–Kier alpha value is -1.68. The molecule has 0 aliphatic heterocycles. The molecule has 0 aromatic heterocycles. The lowest BCUT2D eigenvalue weighted by molar-refractivity contribution is -0.139. The molecule has 0 saturated carbocycles. The molecule has 1 rings (SSSR count). The molecule has 0 radical (unpaired) electrons. The van der Waals surface area contributed by atoms with E-state index < -0.39 is 11.9 Å². The Kier molecular flexibility index (Phi) is 6.08. The van der Waals surface area contributed by atoms with Gasteiger partial charge in [0.05, 0.1) is 5.92 Å². The number of carbonyl (C=O) groups excluding carboxylic acids is 1. The van der Waals surface area contributed by atoms with Gasteiger partial charge in [0.1, 0.15) is 6.29 Å². The van der Waals surface area contributed by atoms with Crippen molar-refractivity contribution in [2.24, 2.45) is 5.73 Å². The molecule has 0 amide bonds. The summed E-state index contributed by atoms with van der Waals surface area (Å²) in [5, 5.41) is 9.22. The highest BCUT2D eigenvalue weighted by molar-refractivity contribution is 5.78. The van der Waals surface area contributed by atoms with E-state index in [0.29, 0.717) is 18.5 Å². The summed E-state index contributed by atoms with van der Waals surface area (Å²) in [6, 6.07) is 6.73. The molecule has 0 heterocycles. The minimum Gasteiger partial charge on any atom is -0.481 e. The van der Waals surface area contributed by atoms with Crippen molar-refractivity contribution in [3.63, 3.8) is 0 Å². The number of unbranched alkanes of at least 4 members (excludes halogenated alkanes) is 2. The van der Waals surface area contributed by atoms with Crippen LogP contribution in [-0.4, -0.2) is 23.9 Å². The number of carboxylic acid groups (broad SMARTS) is 1. The summed E-state index contributed by atoms with van der Waals surface area (Å²) in [4.78, 5) is 21.8. The second-order valence-corrected chi connectivity index (χ2v) is 4.31. The molecule has 0 spiro atoms. The maximum atomic E-state index is 11.2. The fourth-order valence-electron chi connectivity index (χ4n) is 1.91. The van der Waals surface area contributed by atoms with E-state index in [1.165, 1.54) is 0 Å². The van der Waals surface area contributed by atoms with Crippen LogP contribution in [0.15, 0.2) is 24.3 Å². The minimum atomic E-state index is -0.818. The van der Waals surface area contributed by atoms with Gasteiger partial charge in [-0.05, 0) is 24.9 Å². The van der Waals surface area contributed by atoms with Gasteiger partial charge in [0.25, 0.3) is 0 Å². The van der Waals surface area contributed by atoms with E-state index in [4.69, 9.17) is 5.73 Å². The van der Waals surface area contributed by atoms with E-state index in [0.717, 1.165) is 31.1 Å². The Labute approximate surface area is 107 Å². The van der Waals surface area contributed by atoms with Crippen molar-refractivity contribution < 1.29 is 14.7 Å². The van der Waals surface area contributed by atoms with Gasteiger partial charge in [0.15, 0.2) is 0 Å². The molecular formula is C14H19NO3. The van der Waals surface area contributed by atoms with Crippen molar-refractivity contribution in [2.45, 2.75) is 31.6 Å². The number of carbonyl (C=O) groups is 2. The smallest absolute Gasteiger partial charge is 0.310 e. The molecule has 18 heavy (non-hydrogen) atoms. The molecule has 3 N–H and O–H groups in total. The van der Waals surface area contributed by atoms with Crippen molar-refractivity contribution in [2.75, 3.05) is 6.54 Å². The molecule has 1 aromatic rings. The normalized spacial score (nSPS) is 12.1. The largest absolute Gasteiger partial charge is 0.481 e. The van der Waals surface area contributed by atoms with Crippen LogP contribution in [0.5, 0.6) is 0 Å². The van der Waals surface area contributed by atoms with Crippen LogP contribution in [0.25, 0.3) is 0 Å². The van der Waals surface area contributed by atoms with Gasteiger partial charge < -0.3 is 10.8 Å². The number of carboxylic acids is 1. The van der Waals surface area contributed by atoms with E-state index in [1.54, 1.807) is 24.3 Å². The monoisotopic (exact) mass is 249 g/mol. The van der Waals surface area contributed by atoms with Crippen LogP contribution < -0.4 is 5.73 Å². The average molecular weight is 249 g/mol. The third kappa shape index (κ3) is 4.30. The standard InChI is InChI=1S/C14H19NO3/c15-9-3-1-2-4-13(14(17)18)12-7-5-11(10-16)6-8-12/h5-8,10,13H,1-4,9,15H2,(H,17,18). The number of hydrogen-bond donors (Lipinski definition) is 2. The minimum absolute atomic E-state index is 0.497. The van der Waals surface area contributed by atoms with Gasteiger partial charge in [0.2, 0.25) is 0 Å². The maximum absolute atomic E-state index is 11.2. The molecular weight excluding hydrogens is 230 g/mol. The van der Waals surface area contributed by atoms with Gasteiger partial charge in [-0.15, -0.1) is 0 Å². The average Bonchev–Trinajstić information content (AvgIpc) is 2.39. The SMILES string of the molecule is NCCCCCC(C(=O)O)c1ccc(C=O)cc1. The highest BCUT2D eigenvalue weighted by Crippen LogP contribution is 2.23. The fraction of sp³-hybridized carbons (Fsp3) is 0.429. The van der Waals surface area contributed by atoms with E-state index in [9.17, 15) is 14.7 Å². The zero-order valence-electron chi connectivity index (χ0n) is 10.3. The molecule has 0 saturated heterocycles. The topological polar surface area (TPSA) is 80.4 Å². The summed E-state index contributed by atoms with van der Waals surface area (Å²) in [5.41, 5.74) is 6.71. The predicted molar refractivity (Wildman–Crippen MR) is 69.7 cm³/mol. The van der Waals surface area contributed by atoms with Crippen LogP contribution in [-0.2, 0) is 4.79 Å². The van der Waals surface area contributed by atoms with Crippen LogP contribution in [0, 0.1) is 0 Å². The molecule has 0 aliphatic carbocycles. The highest BCUT2D eigenvalue weighted by Gasteiger charge is 2.18. The first-order chi connectivity index (χ1) is 8.69. The van der Waals surface area contributed by atoms with E-state index in [1.807, 2.05) is 0 Å². The summed E-state index contributed by atoms with van der Waals surface area (Å²) < 4.78 is 0. The van der Waals surface area contributed by atoms with E-state index in [-0.39, 0.29) is 0 Å². The number of hydrogen-bond acceptors (Lipinski definition) is 3. The quantitative estimate of drug-likeness (QED) is 0.546. The summed E-state index contributed by atoms with van der Waals surface area (Å²) in [7, 11) is 0. The van der Waals surface area contributed by atoms with Crippen molar-refractivity contribution in [1.82, 2.24) is 0 Å². The van der Waals surface area contributed by atoms with Crippen LogP contribution >= 0.6 is 0 Å². The number of aliphatic carboxylic acids is 1. The van der Waals surface area contributed by atoms with Gasteiger partial charge in [-0.1, -0.05) is 37.1 Å². The third-order valence-corrected chi connectivity index (χ3v) is 2.97. The Morgan fingerprint density at radius 2 is 1.89 bits per heavy atom. The first kappa shape index (κ1) is 14.4. The first-order valence-corrected chi connectivity index (χ1v) is 6.17. The second-order valence-electron chi connectivity index (χ2n) is 4.31. The molecule has 0 bridgehead atoms. The maximum Gasteiger partial charge on any atom is 0.310 e. The molecule has 1 atom stereocenters. The van der Waals surface area contributed by atoms with Crippen LogP contribution in [0.4, 0.5) is 0 Å². The van der Waals surface area contributed by atoms with E-state index >= 15 is 0 Å². The first-order valence-electron chi connectivity index (χ1n) is 6.17. The Balaban J connectivity index is 2.65. The lowest BCUT2D eigenvalue weighted by atomic mass is 9.92. The highest BCUT2D eigenvalue weighted by atomic mass is 16.4. The fourth-order valence-corrected chi connectivity index (χ4v) is 1.91. The zero-order valence-corrected chi connectivity index (χ0v) is 10.3. The van der Waals surface area contributed by atoms with E-state index in [2.05, 4.69) is 0 Å².